The summed E-state index contributed by atoms with van der Waals surface area (Å²) in [7, 11) is -1.97. The van der Waals surface area contributed by atoms with Crippen LogP contribution in [0, 0.1) is 29.2 Å². The molecule has 6 aromatic carbocycles. The highest BCUT2D eigenvalue weighted by atomic mass is 28.3. The average molecular weight is 616 g/mol. The van der Waals surface area contributed by atoms with E-state index in [4.69, 9.17) is 6.57 Å². The molecule has 0 saturated heterocycles. The van der Waals surface area contributed by atoms with Crippen LogP contribution in [0.15, 0.2) is 115 Å². The second-order valence-corrected chi connectivity index (χ2v) is 17.1. The van der Waals surface area contributed by atoms with E-state index in [1.807, 2.05) is 48.5 Å². The summed E-state index contributed by atoms with van der Waals surface area (Å²) in [4.78, 5) is 3.68. The summed E-state index contributed by atoms with van der Waals surface area (Å²) in [6.07, 6.45) is 0. The SMILES string of the molecule is [C-]#[N+]c1ccc2c(c1)c1cc(C#N)ccc1n2-c1ccc2c(c1)-c1cc(-n3c4ccccc4c4cc(C#N)ccc43)ccc1[Si]2(C)C. The first kappa shape index (κ1) is 27.0. The number of rotatable bonds is 2. The molecule has 1 aliphatic rings. The Morgan fingerprint density at radius 3 is 1.60 bits per heavy atom. The summed E-state index contributed by atoms with van der Waals surface area (Å²) in [5.41, 5.74) is 10.7. The highest BCUT2D eigenvalue weighted by Gasteiger charge is 2.38. The Hall–Kier alpha value is -6.39. The molecule has 6 heteroatoms. The first-order valence-corrected chi connectivity index (χ1v) is 18.5. The van der Waals surface area contributed by atoms with Crippen LogP contribution in [-0.4, -0.2) is 17.2 Å². The lowest BCUT2D eigenvalue weighted by atomic mass is 10.0. The molecule has 0 aliphatic carbocycles. The normalized spacial score (nSPS) is 13.0. The predicted octanol–water partition coefficient (Wildman–Crippen LogP) is 8.98. The zero-order valence-electron chi connectivity index (χ0n) is 25.7. The van der Waals surface area contributed by atoms with Crippen LogP contribution in [0.25, 0.3) is 71.0 Å². The Labute approximate surface area is 272 Å². The maximum atomic E-state index is 9.66. The first-order chi connectivity index (χ1) is 22.9. The van der Waals surface area contributed by atoms with Gasteiger partial charge in [0.05, 0.1) is 51.9 Å². The fourth-order valence-electron chi connectivity index (χ4n) is 7.77. The number of hydrogen-bond acceptors (Lipinski definition) is 2. The molecular formula is C41H25N5Si. The summed E-state index contributed by atoms with van der Waals surface area (Å²) in [5, 5.41) is 26.2. The van der Waals surface area contributed by atoms with Gasteiger partial charge >= 0.3 is 0 Å². The molecule has 0 N–H and O–H groups in total. The highest BCUT2D eigenvalue weighted by Crippen LogP contribution is 2.39. The van der Waals surface area contributed by atoms with Crippen molar-refractivity contribution in [2.45, 2.75) is 13.1 Å². The molecule has 0 unspecified atom stereocenters. The van der Waals surface area contributed by atoms with Crippen LogP contribution in [0.5, 0.6) is 0 Å². The van der Waals surface area contributed by atoms with Crippen molar-refractivity contribution in [3.8, 4) is 34.6 Å². The molecule has 5 nitrogen and oxygen atoms in total. The number of nitriles is 2. The van der Waals surface area contributed by atoms with E-state index >= 15 is 0 Å². The fraction of sp³-hybridized carbons (Fsp3) is 0.0488. The molecule has 0 radical (unpaired) electrons. The Bertz CT molecular complexity index is 2740. The second kappa shape index (κ2) is 9.55. The van der Waals surface area contributed by atoms with Gasteiger partial charge in [-0.15, -0.1) is 0 Å². The number of fused-ring (bicyclic) bond motifs is 9. The largest absolute Gasteiger partial charge is 0.309 e. The van der Waals surface area contributed by atoms with Gasteiger partial charge in [0.15, 0.2) is 5.69 Å². The van der Waals surface area contributed by atoms with E-state index in [9.17, 15) is 10.5 Å². The van der Waals surface area contributed by atoms with Crippen molar-refractivity contribution in [2.24, 2.45) is 0 Å². The Kier molecular flexibility index (Phi) is 5.48. The highest BCUT2D eigenvalue weighted by molar-refractivity contribution is 7.03. The van der Waals surface area contributed by atoms with Crippen molar-refractivity contribution in [1.29, 1.82) is 10.5 Å². The number of benzene rings is 6. The molecule has 0 spiro atoms. The zero-order valence-corrected chi connectivity index (χ0v) is 26.7. The van der Waals surface area contributed by atoms with Crippen molar-refractivity contribution >= 4 is 67.7 Å². The van der Waals surface area contributed by atoms with E-state index in [0.29, 0.717) is 16.8 Å². The fourth-order valence-corrected chi connectivity index (χ4v) is 10.8. The van der Waals surface area contributed by atoms with Crippen molar-refractivity contribution in [1.82, 2.24) is 9.13 Å². The summed E-state index contributed by atoms with van der Waals surface area (Å²) in [6.45, 7) is 12.5. The van der Waals surface area contributed by atoms with Crippen LogP contribution in [0.3, 0.4) is 0 Å². The van der Waals surface area contributed by atoms with Gasteiger partial charge in [-0.25, -0.2) is 4.85 Å². The Balaban J connectivity index is 1.29. The van der Waals surface area contributed by atoms with E-state index in [1.165, 1.54) is 21.5 Å². The third-order valence-electron chi connectivity index (χ3n) is 9.97. The van der Waals surface area contributed by atoms with Crippen LogP contribution in [0.1, 0.15) is 11.1 Å². The Morgan fingerprint density at radius 2 is 1.04 bits per heavy atom. The number of nitrogens with zero attached hydrogens (tertiary/aromatic N) is 5. The summed E-state index contributed by atoms with van der Waals surface area (Å²) >= 11 is 0. The van der Waals surface area contributed by atoms with Gasteiger partial charge in [-0.3, -0.25) is 0 Å². The lowest BCUT2D eigenvalue weighted by Crippen LogP contribution is -2.49. The van der Waals surface area contributed by atoms with E-state index in [0.717, 1.165) is 55.0 Å². The number of hydrogen-bond donors (Lipinski definition) is 0. The van der Waals surface area contributed by atoms with Gasteiger partial charge < -0.3 is 9.13 Å². The van der Waals surface area contributed by atoms with Gasteiger partial charge in [0.25, 0.3) is 0 Å². The van der Waals surface area contributed by atoms with E-state index in [2.05, 4.69) is 106 Å². The molecule has 3 heterocycles. The molecule has 0 fully saturated rings. The number of para-hydroxylation sites is 1. The minimum absolute atomic E-state index is 0.580. The molecule has 0 saturated carbocycles. The van der Waals surface area contributed by atoms with E-state index < -0.39 is 8.07 Å². The molecule has 218 valence electrons. The van der Waals surface area contributed by atoms with Crippen LogP contribution >= 0.6 is 0 Å². The van der Waals surface area contributed by atoms with Crippen LogP contribution in [0.2, 0.25) is 13.1 Å². The minimum Gasteiger partial charge on any atom is -0.309 e. The first-order valence-electron chi connectivity index (χ1n) is 15.5. The van der Waals surface area contributed by atoms with Crippen LogP contribution in [0.4, 0.5) is 5.69 Å². The quantitative estimate of drug-likeness (QED) is 0.144. The number of aromatic nitrogens is 2. The van der Waals surface area contributed by atoms with E-state index in [-0.39, 0.29) is 0 Å². The van der Waals surface area contributed by atoms with Gasteiger partial charge in [0.1, 0.15) is 8.07 Å². The topological polar surface area (TPSA) is 61.8 Å². The zero-order chi connectivity index (χ0) is 32.0. The van der Waals surface area contributed by atoms with Crippen LogP contribution < -0.4 is 10.4 Å². The third kappa shape index (κ3) is 3.67. The molecular weight excluding hydrogens is 591 g/mol. The standard InChI is InChI=1S/C41H25N5Si/c1-44-27-10-15-39-33(20-27)32-19-26(24-43)9-14-38(32)46(39)29-12-17-41-35(22-29)34-21-28(11-16-40(34)47(41,2)3)45-36-7-5-4-6-30(36)31-18-25(23-42)8-13-37(31)45/h4-22H,2-3H3. The summed E-state index contributed by atoms with van der Waals surface area (Å²) < 4.78 is 4.58. The summed E-state index contributed by atoms with van der Waals surface area (Å²) in [5.74, 6) is 0. The maximum absolute atomic E-state index is 9.66. The molecule has 47 heavy (non-hydrogen) atoms. The Morgan fingerprint density at radius 1 is 0.553 bits per heavy atom. The van der Waals surface area contributed by atoms with Gasteiger partial charge in [-0.05, 0) is 106 Å². The van der Waals surface area contributed by atoms with Gasteiger partial charge in [-0.1, -0.05) is 49.5 Å². The molecule has 2 aromatic heterocycles. The lowest BCUT2D eigenvalue weighted by Gasteiger charge is -2.19. The van der Waals surface area contributed by atoms with Crippen molar-refractivity contribution in [3.05, 3.63) is 138 Å². The maximum Gasteiger partial charge on any atom is 0.188 e. The second-order valence-electron chi connectivity index (χ2n) is 12.8. The molecule has 1 aliphatic heterocycles. The monoisotopic (exact) mass is 615 g/mol. The molecule has 0 atom stereocenters. The molecule has 0 amide bonds. The van der Waals surface area contributed by atoms with Crippen molar-refractivity contribution in [2.75, 3.05) is 0 Å². The summed E-state index contributed by atoms with van der Waals surface area (Å²) in [6, 6.07) is 44.4. The van der Waals surface area contributed by atoms with Gasteiger partial charge in [0.2, 0.25) is 0 Å². The molecule has 8 aromatic rings. The predicted molar refractivity (Wildman–Crippen MR) is 193 cm³/mol. The van der Waals surface area contributed by atoms with Gasteiger partial charge in [-0.2, -0.15) is 10.5 Å². The van der Waals surface area contributed by atoms with Crippen molar-refractivity contribution in [3.63, 3.8) is 0 Å². The van der Waals surface area contributed by atoms with Crippen LogP contribution in [-0.2, 0) is 0 Å². The van der Waals surface area contributed by atoms with Crippen molar-refractivity contribution < 1.29 is 0 Å². The smallest absolute Gasteiger partial charge is 0.188 e. The minimum atomic E-state index is -1.97. The van der Waals surface area contributed by atoms with E-state index in [1.54, 1.807) is 0 Å². The average Bonchev–Trinajstić information content (AvgIpc) is 3.69. The third-order valence-corrected chi connectivity index (χ3v) is 13.5. The lowest BCUT2D eigenvalue weighted by molar-refractivity contribution is 1.18. The van der Waals surface area contributed by atoms with Gasteiger partial charge in [0, 0.05) is 27.5 Å². The molecule has 9 rings (SSSR count). The molecule has 0 bridgehead atoms.